The van der Waals surface area contributed by atoms with Crippen molar-refractivity contribution in [3.63, 3.8) is 0 Å². The number of alkyl halides is 6. The average Bonchev–Trinajstić information content (AvgIpc) is 2.37. The lowest BCUT2D eigenvalue weighted by Crippen LogP contribution is -2.46. The van der Waals surface area contributed by atoms with E-state index in [1.54, 1.807) is 0 Å². The normalized spacial score (nSPS) is 35.7. The van der Waals surface area contributed by atoms with Gasteiger partial charge in [-0.2, -0.15) is 26.3 Å². The lowest BCUT2D eigenvalue weighted by Gasteiger charge is -2.37. The zero-order valence-electron chi connectivity index (χ0n) is 11.7. The summed E-state index contributed by atoms with van der Waals surface area (Å²) < 4.78 is 76.4. The maximum Gasteiger partial charge on any atom is 0.391 e. The van der Waals surface area contributed by atoms with Crippen molar-refractivity contribution in [1.29, 1.82) is 0 Å². The minimum Gasteiger partial charge on any atom is -0.311 e. The van der Waals surface area contributed by atoms with Crippen LogP contribution in [0.2, 0.25) is 0 Å². The van der Waals surface area contributed by atoms with Crippen LogP contribution in [0.5, 0.6) is 0 Å². The summed E-state index contributed by atoms with van der Waals surface area (Å²) in [5.74, 6) is -2.63. The molecule has 1 nitrogen and oxygen atoms in total. The molecule has 0 heterocycles. The van der Waals surface area contributed by atoms with Crippen molar-refractivity contribution in [2.24, 2.45) is 11.8 Å². The van der Waals surface area contributed by atoms with Gasteiger partial charge in [0.05, 0.1) is 11.8 Å². The van der Waals surface area contributed by atoms with Gasteiger partial charge in [-0.15, -0.1) is 0 Å². The Morgan fingerprint density at radius 1 is 0.619 bits per heavy atom. The molecule has 2 aliphatic rings. The van der Waals surface area contributed by atoms with Gasteiger partial charge in [-0.25, -0.2) is 0 Å². The van der Waals surface area contributed by atoms with E-state index in [4.69, 9.17) is 0 Å². The van der Waals surface area contributed by atoms with E-state index in [1.807, 2.05) is 0 Å². The Hall–Kier alpha value is -0.460. The van der Waals surface area contributed by atoms with Crippen molar-refractivity contribution in [2.75, 3.05) is 0 Å². The van der Waals surface area contributed by atoms with Gasteiger partial charge in [-0.3, -0.25) is 0 Å². The maximum atomic E-state index is 12.7. The van der Waals surface area contributed by atoms with Gasteiger partial charge in [0.1, 0.15) is 0 Å². The SMILES string of the molecule is FC(F)(F)[C@H]1CCC[C@@H](N[C@@H]2CCC[C@H](C(F)(F)F)C2)C1. The third-order valence-electron chi connectivity index (χ3n) is 4.75. The van der Waals surface area contributed by atoms with Gasteiger partial charge >= 0.3 is 12.4 Å². The lowest BCUT2D eigenvalue weighted by molar-refractivity contribution is -0.186. The first kappa shape index (κ1) is 16.9. The maximum absolute atomic E-state index is 12.7. The van der Waals surface area contributed by atoms with Crippen LogP contribution in [0, 0.1) is 11.8 Å². The smallest absolute Gasteiger partial charge is 0.311 e. The summed E-state index contributed by atoms with van der Waals surface area (Å²) in [5.41, 5.74) is 0. The molecule has 1 N–H and O–H groups in total. The van der Waals surface area contributed by atoms with Gasteiger partial charge in [0.2, 0.25) is 0 Å². The highest BCUT2D eigenvalue weighted by Gasteiger charge is 2.44. The molecule has 0 spiro atoms. The minimum absolute atomic E-state index is 0.00329. The molecule has 0 unspecified atom stereocenters. The van der Waals surface area contributed by atoms with Gasteiger partial charge in [-0.1, -0.05) is 12.8 Å². The fourth-order valence-corrected chi connectivity index (χ4v) is 3.61. The van der Waals surface area contributed by atoms with Crippen molar-refractivity contribution in [2.45, 2.75) is 75.8 Å². The highest BCUT2D eigenvalue weighted by atomic mass is 19.4. The minimum atomic E-state index is -4.19. The molecular formula is C14H21F6N. The highest BCUT2D eigenvalue weighted by Crippen LogP contribution is 2.40. The van der Waals surface area contributed by atoms with Crippen LogP contribution in [0.1, 0.15) is 51.4 Å². The molecule has 0 radical (unpaired) electrons. The van der Waals surface area contributed by atoms with E-state index in [9.17, 15) is 26.3 Å². The second kappa shape index (κ2) is 6.34. The number of rotatable bonds is 2. The number of hydrogen-bond donors (Lipinski definition) is 1. The summed E-state index contributed by atoms with van der Waals surface area (Å²) >= 11 is 0. The van der Waals surface area contributed by atoms with Crippen LogP contribution in [0.4, 0.5) is 26.3 Å². The van der Waals surface area contributed by atoms with Crippen molar-refractivity contribution in [1.82, 2.24) is 5.32 Å². The molecule has 2 aliphatic carbocycles. The summed E-state index contributed by atoms with van der Waals surface area (Å²) in [6.07, 6.45) is -5.90. The number of hydrogen-bond acceptors (Lipinski definition) is 1. The molecule has 0 saturated heterocycles. The van der Waals surface area contributed by atoms with Crippen LogP contribution >= 0.6 is 0 Å². The topological polar surface area (TPSA) is 12.0 Å². The second-order valence-electron chi connectivity index (χ2n) is 6.37. The van der Waals surface area contributed by atoms with Gasteiger partial charge < -0.3 is 5.32 Å². The number of nitrogens with one attached hydrogen (secondary N) is 1. The van der Waals surface area contributed by atoms with Crippen LogP contribution < -0.4 is 5.32 Å². The Kier molecular flexibility index (Phi) is 5.11. The molecule has 0 bridgehead atoms. The second-order valence-corrected chi connectivity index (χ2v) is 6.37. The molecule has 7 heteroatoms. The summed E-state index contributed by atoms with van der Waals surface area (Å²) in [6.45, 7) is 0. The van der Waals surface area contributed by atoms with E-state index in [-0.39, 0.29) is 37.8 Å². The predicted octanol–water partition coefficient (Wildman–Crippen LogP) is 4.82. The predicted molar refractivity (Wildman–Crippen MR) is 66.7 cm³/mol. The first-order valence-electron chi connectivity index (χ1n) is 7.55. The van der Waals surface area contributed by atoms with Crippen LogP contribution in [-0.4, -0.2) is 24.4 Å². The van der Waals surface area contributed by atoms with Crippen LogP contribution in [0.25, 0.3) is 0 Å². The van der Waals surface area contributed by atoms with Gasteiger partial charge in [-0.05, 0) is 38.5 Å². The first-order valence-corrected chi connectivity index (χ1v) is 7.55. The Balaban J connectivity index is 1.86. The standard InChI is InChI=1S/C14H21F6N/c15-13(16,17)9-3-1-5-11(7-9)21-12-6-2-4-10(8-12)14(18,19)20/h9-12,21H,1-8H2/t9-,10-,11+,12+/m0/s1. The first-order chi connectivity index (χ1) is 9.66. The molecule has 0 aromatic rings. The van der Waals surface area contributed by atoms with Crippen LogP contribution in [0.15, 0.2) is 0 Å². The lowest BCUT2D eigenvalue weighted by atomic mass is 9.82. The molecule has 2 fully saturated rings. The summed E-state index contributed by atoms with van der Waals surface area (Å²) in [6, 6.07) is -0.607. The Morgan fingerprint density at radius 2 is 1.00 bits per heavy atom. The van der Waals surface area contributed by atoms with E-state index in [2.05, 4.69) is 5.32 Å². The van der Waals surface area contributed by atoms with Crippen molar-refractivity contribution in [3.05, 3.63) is 0 Å². The molecule has 2 saturated carbocycles. The van der Waals surface area contributed by atoms with E-state index in [0.29, 0.717) is 25.7 Å². The highest BCUT2D eigenvalue weighted by molar-refractivity contribution is 4.87. The Labute approximate surface area is 120 Å². The molecule has 0 aromatic carbocycles. The van der Waals surface area contributed by atoms with E-state index in [0.717, 1.165) is 0 Å². The van der Waals surface area contributed by atoms with E-state index in [1.165, 1.54) is 0 Å². The van der Waals surface area contributed by atoms with E-state index < -0.39 is 24.2 Å². The van der Waals surface area contributed by atoms with Gasteiger partial charge in [0.15, 0.2) is 0 Å². The third-order valence-corrected chi connectivity index (χ3v) is 4.75. The molecule has 0 aliphatic heterocycles. The third kappa shape index (κ3) is 4.76. The van der Waals surface area contributed by atoms with Crippen molar-refractivity contribution >= 4 is 0 Å². The molecule has 4 atom stereocenters. The Morgan fingerprint density at radius 3 is 1.33 bits per heavy atom. The van der Waals surface area contributed by atoms with Crippen LogP contribution in [0.3, 0.4) is 0 Å². The van der Waals surface area contributed by atoms with Gasteiger partial charge in [0.25, 0.3) is 0 Å². The zero-order chi connectivity index (χ0) is 15.7. The molecule has 21 heavy (non-hydrogen) atoms. The molecule has 124 valence electrons. The number of halogens is 6. The van der Waals surface area contributed by atoms with Gasteiger partial charge in [0, 0.05) is 12.1 Å². The molecule has 0 amide bonds. The van der Waals surface area contributed by atoms with Crippen LogP contribution in [-0.2, 0) is 0 Å². The largest absolute Gasteiger partial charge is 0.391 e. The molecular weight excluding hydrogens is 296 g/mol. The monoisotopic (exact) mass is 317 g/mol. The van der Waals surface area contributed by atoms with Crippen molar-refractivity contribution < 1.29 is 26.3 Å². The quantitative estimate of drug-likeness (QED) is 0.720. The zero-order valence-corrected chi connectivity index (χ0v) is 11.7. The van der Waals surface area contributed by atoms with Crippen molar-refractivity contribution in [3.8, 4) is 0 Å². The fraction of sp³-hybridized carbons (Fsp3) is 1.00. The summed E-state index contributed by atoms with van der Waals surface area (Å²) in [5, 5.41) is 3.06. The fourth-order valence-electron chi connectivity index (χ4n) is 3.61. The molecule has 2 rings (SSSR count). The summed E-state index contributed by atoms with van der Waals surface area (Å²) in [7, 11) is 0. The Bertz CT molecular complexity index is 305. The molecule has 0 aromatic heterocycles. The average molecular weight is 317 g/mol. The summed E-state index contributed by atoms with van der Waals surface area (Å²) in [4.78, 5) is 0. The van der Waals surface area contributed by atoms with E-state index >= 15 is 0 Å².